The van der Waals surface area contributed by atoms with Crippen molar-refractivity contribution in [2.24, 2.45) is 5.92 Å². The van der Waals surface area contributed by atoms with E-state index in [0.717, 1.165) is 11.8 Å². The van der Waals surface area contributed by atoms with E-state index in [0.29, 0.717) is 36.5 Å². The second-order valence-electron chi connectivity index (χ2n) is 8.55. The molecule has 172 valence electrons. The van der Waals surface area contributed by atoms with Crippen LogP contribution in [0.2, 0.25) is 0 Å². The monoisotopic (exact) mass is 452 g/mol. The molecule has 1 aromatic heterocycles. The summed E-state index contributed by atoms with van der Waals surface area (Å²) in [4.78, 5) is 29.3. The molecule has 2 N–H and O–H groups in total. The van der Waals surface area contributed by atoms with Crippen LogP contribution in [0.15, 0.2) is 30.9 Å². The van der Waals surface area contributed by atoms with Crippen LogP contribution < -0.4 is 5.32 Å². The van der Waals surface area contributed by atoms with Crippen LogP contribution in [0.4, 0.5) is 14.9 Å². The van der Waals surface area contributed by atoms with E-state index < -0.39 is 18.0 Å². The number of aliphatic hydroxyl groups excluding tert-OH is 1. The number of fused-ring (bicyclic) bond motifs is 3. The molecule has 3 atom stereocenters. The van der Waals surface area contributed by atoms with E-state index in [-0.39, 0.29) is 30.0 Å². The lowest BCUT2D eigenvalue weighted by Gasteiger charge is -2.33. The summed E-state index contributed by atoms with van der Waals surface area (Å²) in [5.41, 5.74) is 2.01. The van der Waals surface area contributed by atoms with E-state index >= 15 is 0 Å². The fraction of sp³-hybridized carbons (Fsp3) is 0.391. The van der Waals surface area contributed by atoms with Crippen LogP contribution in [0.25, 0.3) is 0 Å². The molecule has 9 nitrogen and oxygen atoms in total. The minimum atomic E-state index is -0.775. The molecule has 0 radical (unpaired) electrons. The van der Waals surface area contributed by atoms with Crippen LogP contribution >= 0.6 is 0 Å². The van der Waals surface area contributed by atoms with Gasteiger partial charge in [0.15, 0.2) is 0 Å². The Kier molecular flexibility index (Phi) is 5.91. The number of halogens is 1. The molecule has 0 fully saturated rings. The van der Waals surface area contributed by atoms with Gasteiger partial charge in [-0.3, -0.25) is 9.48 Å². The number of carbonyl (C=O) groups is 2. The van der Waals surface area contributed by atoms with E-state index in [1.807, 2.05) is 6.92 Å². The third-order valence-electron chi connectivity index (χ3n) is 6.27. The topological polar surface area (TPSA) is 114 Å². The van der Waals surface area contributed by atoms with Crippen molar-refractivity contribution in [3.8, 4) is 6.07 Å². The molecular formula is C23H25FN6O3. The van der Waals surface area contributed by atoms with Crippen molar-refractivity contribution in [3.63, 3.8) is 0 Å². The number of amides is 3. The first-order chi connectivity index (χ1) is 15.7. The number of nitrogens with zero attached hydrogens (tertiary/aromatic N) is 5. The van der Waals surface area contributed by atoms with Gasteiger partial charge in [-0.05, 0) is 25.1 Å². The van der Waals surface area contributed by atoms with E-state index in [1.165, 1.54) is 18.2 Å². The third kappa shape index (κ3) is 4.07. The van der Waals surface area contributed by atoms with Gasteiger partial charge in [-0.2, -0.15) is 10.4 Å². The third-order valence-corrected chi connectivity index (χ3v) is 6.27. The number of anilines is 1. The van der Waals surface area contributed by atoms with Crippen LogP contribution in [-0.2, 0) is 19.5 Å². The lowest BCUT2D eigenvalue weighted by Crippen LogP contribution is -2.45. The van der Waals surface area contributed by atoms with E-state index in [9.17, 15) is 19.1 Å². The molecule has 0 spiro atoms. The van der Waals surface area contributed by atoms with Crippen molar-refractivity contribution in [1.29, 1.82) is 5.26 Å². The number of nitriles is 1. The fourth-order valence-corrected chi connectivity index (χ4v) is 4.43. The Bertz CT molecular complexity index is 1170. The Morgan fingerprint density at radius 1 is 1.45 bits per heavy atom. The molecule has 3 heterocycles. The number of hydrogen-bond acceptors (Lipinski definition) is 5. The lowest BCUT2D eigenvalue weighted by molar-refractivity contribution is 0.0724. The molecule has 0 aliphatic carbocycles. The molecule has 33 heavy (non-hydrogen) atoms. The van der Waals surface area contributed by atoms with Crippen molar-refractivity contribution in [2.75, 3.05) is 18.9 Å². The molecule has 1 aromatic carbocycles. The predicted octanol–water partition coefficient (Wildman–Crippen LogP) is 2.12. The van der Waals surface area contributed by atoms with Gasteiger partial charge in [-0.15, -0.1) is 6.58 Å². The van der Waals surface area contributed by atoms with Gasteiger partial charge in [0.25, 0.3) is 5.91 Å². The molecule has 10 heteroatoms. The molecule has 0 bridgehead atoms. The van der Waals surface area contributed by atoms with Gasteiger partial charge in [-0.1, -0.05) is 6.08 Å². The molecule has 0 saturated carbocycles. The lowest BCUT2D eigenvalue weighted by atomic mass is 9.99. The fourth-order valence-electron chi connectivity index (χ4n) is 4.43. The summed E-state index contributed by atoms with van der Waals surface area (Å²) in [5, 5.41) is 26.7. The summed E-state index contributed by atoms with van der Waals surface area (Å²) in [6.45, 7) is 6.43. The maximum Gasteiger partial charge on any atom is 0.322 e. The van der Waals surface area contributed by atoms with Crippen LogP contribution in [0.5, 0.6) is 0 Å². The summed E-state index contributed by atoms with van der Waals surface area (Å²) in [6.07, 6.45) is 1.14. The number of aliphatic hydroxyl groups is 1. The van der Waals surface area contributed by atoms with Gasteiger partial charge < -0.3 is 20.2 Å². The maximum absolute atomic E-state index is 13.6. The number of nitrogens with one attached hydrogen (secondary N) is 1. The van der Waals surface area contributed by atoms with E-state index in [1.54, 1.807) is 27.6 Å². The maximum atomic E-state index is 13.6. The molecule has 3 amide bonds. The first-order valence-electron chi connectivity index (χ1n) is 10.6. The number of carbonyl (C=O) groups excluding carboxylic acids is 2. The number of benzene rings is 1. The zero-order valence-electron chi connectivity index (χ0n) is 18.5. The number of aromatic nitrogens is 2. The smallest absolute Gasteiger partial charge is 0.322 e. The SMILES string of the molecule is C=CC(O)C1CN(C)C(=O)c2c3c(nn2C1)CC(C)N(C(=O)Nc1ccc(F)c(C#N)c1)C3. The Labute approximate surface area is 190 Å². The minimum Gasteiger partial charge on any atom is -0.389 e. The molecule has 2 aliphatic rings. The highest BCUT2D eigenvalue weighted by molar-refractivity contribution is 5.95. The van der Waals surface area contributed by atoms with Crippen molar-refractivity contribution in [2.45, 2.75) is 38.6 Å². The first kappa shape index (κ1) is 22.5. The van der Waals surface area contributed by atoms with Crippen LogP contribution in [0, 0.1) is 23.1 Å². The summed E-state index contributed by atoms with van der Waals surface area (Å²) >= 11 is 0. The summed E-state index contributed by atoms with van der Waals surface area (Å²) in [7, 11) is 1.68. The van der Waals surface area contributed by atoms with Gasteiger partial charge in [-0.25, -0.2) is 9.18 Å². The van der Waals surface area contributed by atoms with Crippen molar-refractivity contribution < 1.29 is 19.1 Å². The molecular weight excluding hydrogens is 427 g/mol. The van der Waals surface area contributed by atoms with Crippen molar-refractivity contribution in [1.82, 2.24) is 19.6 Å². The van der Waals surface area contributed by atoms with E-state index in [2.05, 4.69) is 17.0 Å². The Hall–Kier alpha value is -3.71. The highest BCUT2D eigenvalue weighted by atomic mass is 19.1. The largest absolute Gasteiger partial charge is 0.389 e. The van der Waals surface area contributed by atoms with Gasteiger partial charge in [0.1, 0.15) is 17.6 Å². The molecule has 4 rings (SSSR count). The number of urea groups is 1. The van der Waals surface area contributed by atoms with Crippen molar-refractivity contribution >= 4 is 17.6 Å². The first-order valence-corrected chi connectivity index (χ1v) is 10.6. The Balaban J connectivity index is 1.62. The molecule has 3 unspecified atom stereocenters. The van der Waals surface area contributed by atoms with Crippen LogP contribution in [-0.4, -0.2) is 62.4 Å². The summed E-state index contributed by atoms with van der Waals surface area (Å²) in [6, 6.07) is 4.94. The summed E-state index contributed by atoms with van der Waals surface area (Å²) in [5.74, 6) is -1.12. The zero-order valence-corrected chi connectivity index (χ0v) is 18.5. The standard InChI is InChI=1S/C23H25FN6O3/c1-4-20(31)15-10-28(3)22(32)21-17-12-29(13(2)7-19(17)27-30(21)11-15)23(33)26-16-5-6-18(24)14(8-16)9-25/h4-6,8,13,15,20,31H,1,7,10-12H2,2-3H3,(H,26,33). The molecule has 0 saturated heterocycles. The Morgan fingerprint density at radius 3 is 2.91 bits per heavy atom. The second-order valence-corrected chi connectivity index (χ2v) is 8.55. The predicted molar refractivity (Wildman–Crippen MR) is 118 cm³/mol. The van der Waals surface area contributed by atoms with E-state index in [4.69, 9.17) is 5.26 Å². The quantitative estimate of drug-likeness (QED) is 0.693. The number of rotatable bonds is 3. The number of hydrogen-bond donors (Lipinski definition) is 2. The molecule has 2 aliphatic heterocycles. The van der Waals surface area contributed by atoms with Gasteiger partial charge in [0, 0.05) is 49.8 Å². The minimum absolute atomic E-state index is 0.159. The van der Waals surface area contributed by atoms with Crippen molar-refractivity contribution in [3.05, 3.63) is 59.2 Å². The normalized spacial score (nSPS) is 20.9. The highest BCUT2D eigenvalue weighted by Gasteiger charge is 2.37. The average molecular weight is 452 g/mol. The Morgan fingerprint density at radius 2 is 2.21 bits per heavy atom. The van der Waals surface area contributed by atoms with Gasteiger partial charge in [0.05, 0.1) is 23.9 Å². The molecule has 2 aromatic rings. The average Bonchev–Trinajstić information content (AvgIpc) is 3.08. The van der Waals surface area contributed by atoms with Gasteiger partial charge >= 0.3 is 6.03 Å². The van der Waals surface area contributed by atoms with Gasteiger partial charge in [0.2, 0.25) is 0 Å². The highest BCUT2D eigenvalue weighted by Crippen LogP contribution is 2.30. The second kappa shape index (κ2) is 8.67. The zero-order chi connectivity index (χ0) is 23.9. The summed E-state index contributed by atoms with van der Waals surface area (Å²) < 4.78 is 15.2. The van der Waals surface area contributed by atoms with Crippen LogP contribution in [0.3, 0.4) is 0 Å². The van der Waals surface area contributed by atoms with Crippen LogP contribution in [0.1, 0.15) is 34.2 Å².